The average molecular weight is 299 g/mol. The number of nitrogens with two attached hydrogens (primary N) is 1. The molecule has 0 radical (unpaired) electrons. The predicted octanol–water partition coefficient (Wildman–Crippen LogP) is 1.85. The second-order valence-electron chi connectivity index (χ2n) is 4.77. The molecule has 0 bridgehead atoms. The fraction of sp³-hybridized carbons (Fsp3) is 0.500. The van der Waals surface area contributed by atoms with Crippen LogP contribution < -0.4 is 5.73 Å². The third kappa shape index (κ3) is 4.05. The van der Waals surface area contributed by atoms with Crippen LogP contribution in [0.1, 0.15) is 32.8 Å². The Morgan fingerprint density at radius 2 is 1.80 bits per heavy atom. The van der Waals surface area contributed by atoms with Gasteiger partial charge in [-0.3, -0.25) is 0 Å². The summed E-state index contributed by atoms with van der Waals surface area (Å²) in [5.41, 5.74) is 6.67. The summed E-state index contributed by atoms with van der Waals surface area (Å²) in [7, 11) is -4.10. The lowest BCUT2D eigenvalue weighted by Gasteiger charge is -2.16. The number of hydrogen-bond donors (Lipinski definition) is 1. The average Bonchev–Trinajstić information content (AvgIpc) is 2.45. The fourth-order valence-electron chi connectivity index (χ4n) is 1.59. The third-order valence-electron chi connectivity index (χ3n) is 3.34. The lowest BCUT2D eigenvalue weighted by atomic mass is 10.0. The Hall–Kier alpha value is -1.40. The maximum Gasteiger partial charge on any atom is 0.341 e. The Kier molecular flexibility index (Phi) is 5.71. The molecule has 0 spiro atoms. The fourth-order valence-corrected chi connectivity index (χ4v) is 2.48. The van der Waals surface area contributed by atoms with E-state index in [2.05, 4.69) is 4.18 Å². The summed E-state index contributed by atoms with van der Waals surface area (Å²) in [4.78, 5) is 11.7. The van der Waals surface area contributed by atoms with Gasteiger partial charge in [0, 0.05) is 0 Å². The molecule has 112 valence electrons. The topological polar surface area (TPSA) is 86.5 Å². The molecule has 20 heavy (non-hydrogen) atoms. The first kappa shape index (κ1) is 16.7. The molecule has 0 fully saturated rings. The normalized spacial score (nSPS) is 14.6. The molecule has 6 heteroatoms. The van der Waals surface area contributed by atoms with Crippen molar-refractivity contribution in [3.8, 4) is 0 Å². The summed E-state index contributed by atoms with van der Waals surface area (Å²) < 4.78 is 28.5. The molecule has 0 heterocycles. The lowest BCUT2D eigenvalue weighted by molar-refractivity contribution is -0.136. The van der Waals surface area contributed by atoms with Gasteiger partial charge in [0.15, 0.2) is 0 Å². The van der Waals surface area contributed by atoms with Crippen LogP contribution in [0.15, 0.2) is 29.2 Å². The summed E-state index contributed by atoms with van der Waals surface area (Å²) >= 11 is 0. The molecular weight excluding hydrogens is 278 g/mol. The molecule has 1 aromatic rings. The molecule has 2 atom stereocenters. The Bertz CT molecular complexity index is 551. The molecule has 0 amide bonds. The van der Waals surface area contributed by atoms with Crippen molar-refractivity contribution < 1.29 is 17.4 Å². The summed E-state index contributed by atoms with van der Waals surface area (Å²) in [6.45, 7) is 5.61. The van der Waals surface area contributed by atoms with Crippen LogP contribution in [0.3, 0.4) is 0 Å². The van der Waals surface area contributed by atoms with Crippen LogP contribution in [-0.2, 0) is 25.5 Å². The van der Waals surface area contributed by atoms with Gasteiger partial charge < -0.3 is 9.92 Å². The molecule has 0 saturated carbocycles. The minimum absolute atomic E-state index is 0.0422. The highest BCUT2D eigenvalue weighted by atomic mass is 32.2. The Labute approximate surface area is 120 Å². The van der Waals surface area contributed by atoms with Crippen LogP contribution in [0.25, 0.3) is 0 Å². The van der Waals surface area contributed by atoms with Crippen molar-refractivity contribution in [1.82, 2.24) is 0 Å². The van der Waals surface area contributed by atoms with E-state index in [4.69, 9.17) is 5.73 Å². The van der Waals surface area contributed by atoms with Crippen LogP contribution in [-0.4, -0.2) is 20.4 Å². The Balaban J connectivity index is 2.86. The summed E-state index contributed by atoms with van der Waals surface area (Å²) in [6.07, 6.45) is 1.47. The molecule has 1 rings (SSSR count). The van der Waals surface area contributed by atoms with E-state index in [1.807, 2.05) is 13.8 Å². The van der Waals surface area contributed by atoms with Crippen molar-refractivity contribution in [1.29, 1.82) is 0 Å². The monoisotopic (exact) mass is 299 g/mol. The zero-order chi connectivity index (χ0) is 15.3. The van der Waals surface area contributed by atoms with Gasteiger partial charge in [0.25, 0.3) is 0 Å². The maximum atomic E-state index is 12.0. The van der Waals surface area contributed by atoms with E-state index >= 15 is 0 Å². The summed E-state index contributed by atoms with van der Waals surface area (Å²) in [6, 6.07) is 5.29. The third-order valence-corrected chi connectivity index (χ3v) is 4.57. The minimum Gasteiger partial charge on any atom is -0.341 e. The predicted molar refractivity (Wildman–Crippen MR) is 76.5 cm³/mol. The number of carbonyl (C=O) groups excluding carboxylic acids is 1. The van der Waals surface area contributed by atoms with E-state index in [1.165, 1.54) is 12.1 Å². The maximum absolute atomic E-state index is 12.0. The van der Waals surface area contributed by atoms with Gasteiger partial charge in [0.2, 0.25) is 0 Å². The van der Waals surface area contributed by atoms with Crippen molar-refractivity contribution >= 4 is 16.1 Å². The summed E-state index contributed by atoms with van der Waals surface area (Å²) in [5, 5.41) is 0. The second-order valence-corrected chi connectivity index (χ2v) is 6.31. The number of benzene rings is 1. The van der Waals surface area contributed by atoms with E-state index in [1.54, 1.807) is 19.1 Å². The van der Waals surface area contributed by atoms with Crippen molar-refractivity contribution in [2.75, 3.05) is 0 Å². The van der Waals surface area contributed by atoms with Gasteiger partial charge in [-0.05, 0) is 30.0 Å². The first-order chi connectivity index (χ1) is 9.31. The zero-order valence-electron chi connectivity index (χ0n) is 12.0. The smallest absolute Gasteiger partial charge is 0.341 e. The van der Waals surface area contributed by atoms with E-state index in [-0.39, 0.29) is 10.8 Å². The van der Waals surface area contributed by atoms with Crippen LogP contribution >= 0.6 is 0 Å². The van der Waals surface area contributed by atoms with Gasteiger partial charge in [-0.2, -0.15) is 8.42 Å². The van der Waals surface area contributed by atoms with E-state index in [0.29, 0.717) is 6.42 Å². The molecule has 0 aromatic heterocycles. The van der Waals surface area contributed by atoms with E-state index in [9.17, 15) is 13.2 Å². The molecule has 0 aliphatic rings. The SMILES string of the molecule is CCc1ccc(S(=O)(=O)OC(=O)[C@H](N)[C@H](C)CC)cc1. The van der Waals surface area contributed by atoms with E-state index in [0.717, 1.165) is 12.0 Å². The molecular formula is C14H21NO4S. The van der Waals surface area contributed by atoms with Crippen molar-refractivity contribution in [3.63, 3.8) is 0 Å². The van der Waals surface area contributed by atoms with Gasteiger partial charge in [-0.25, -0.2) is 4.79 Å². The number of aryl methyl sites for hydroxylation is 1. The van der Waals surface area contributed by atoms with E-state index < -0.39 is 22.1 Å². The first-order valence-corrected chi connectivity index (χ1v) is 8.05. The van der Waals surface area contributed by atoms with Crippen molar-refractivity contribution in [2.24, 2.45) is 11.7 Å². The highest BCUT2D eigenvalue weighted by Gasteiger charge is 2.27. The highest BCUT2D eigenvalue weighted by Crippen LogP contribution is 2.16. The molecule has 2 N–H and O–H groups in total. The van der Waals surface area contributed by atoms with Crippen LogP contribution in [0.4, 0.5) is 0 Å². The first-order valence-electron chi connectivity index (χ1n) is 6.64. The highest BCUT2D eigenvalue weighted by molar-refractivity contribution is 7.87. The van der Waals surface area contributed by atoms with Gasteiger partial charge in [0.05, 0.1) is 0 Å². The largest absolute Gasteiger partial charge is 0.341 e. The van der Waals surface area contributed by atoms with Crippen LogP contribution in [0.2, 0.25) is 0 Å². The lowest BCUT2D eigenvalue weighted by Crippen LogP contribution is -2.39. The van der Waals surface area contributed by atoms with Gasteiger partial charge in [0.1, 0.15) is 10.9 Å². The number of rotatable bonds is 6. The number of carbonyl (C=O) groups is 1. The molecule has 0 saturated heterocycles. The number of hydrogen-bond acceptors (Lipinski definition) is 5. The minimum atomic E-state index is -4.10. The zero-order valence-corrected chi connectivity index (χ0v) is 12.8. The van der Waals surface area contributed by atoms with Crippen molar-refractivity contribution in [2.45, 2.75) is 44.6 Å². The van der Waals surface area contributed by atoms with Gasteiger partial charge in [-0.15, -0.1) is 0 Å². The Morgan fingerprint density at radius 3 is 2.25 bits per heavy atom. The second kappa shape index (κ2) is 6.85. The quantitative estimate of drug-likeness (QED) is 0.810. The van der Waals surface area contributed by atoms with Gasteiger partial charge >= 0.3 is 16.1 Å². The standard InChI is InChI=1S/C14H21NO4S/c1-4-10(3)13(15)14(16)19-20(17,18)12-8-6-11(5-2)7-9-12/h6-10,13H,4-5,15H2,1-3H3/t10-,13-/m1/s1. The van der Waals surface area contributed by atoms with Crippen molar-refractivity contribution in [3.05, 3.63) is 29.8 Å². The van der Waals surface area contributed by atoms with Crippen LogP contribution in [0.5, 0.6) is 0 Å². The Morgan fingerprint density at radius 1 is 1.25 bits per heavy atom. The summed E-state index contributed by atoms with van der Waals surface area (Å²) in [5.74, 6) is -1.06. The molecule has 0 unspecified atom stereocenters. The molecule has 0 aliphatic heterocycles. The molecule has 0 aliphatic carbocycles. The molecule has 1 aromatic carbocycles. The molecule has 5 nitrogen and oxygen atoms in total. The van der Waals surface area contributed by atoms with Gasteiger partial charge in [-0.1, -0.05) is 39.3 Å². The van der Waals surface area contributed by atoms with Crippen LogP contribution in [0, 0.1) is 5.92 Å².